The van der Waals surface area contributed by atoms with Crippen LogP contribution in [0.2, 0.25) is 0 Å². The summed E-state index contributed by atoms with van der Waals surface area (Å²) >= 11 is 0. The van der Waals surface area contributed by atoms with Crippen molar-refractivity contribution >= 4 is 0 Å². The molecule has 1 nitrogen and oxygen atoms in total. The summed E-state index contributed by atoms with van der Waals surface area (Å²) in [5, 5.41) is 0. The molecule has 0 amide bonds. The van der Waals surface area contributed by atoms with Crippen LogP contribution in [0.1, 0.15) is 34.7 Å². The molecule has 0 unspecified atom stereocenters. The van der Waals surface area contributed by atoms with Crippen molar-refractivity contribution in [2.24, 2.45) is 0 Å². The minimum Gasteiger partial charge on any atom is -0.304 e. The van der Waals surface area contributed by atoms with E-state index in [2.05, 4.69) is 85.6 Å². The molecule has 6 aromatic rings. The zero-order valence-corrected chi connectivity index (χ0v) is 25.5. The van der Waals surface area contributed by atoms with Crippen LogP contribution in [-0.2, 0) is 25.5 Å². The molecule has 41 heavy (non-hydrogen) atoms. The average molecular weight is 710 g/mol. The van der Waals surface area contributed by atoms with Crippen LogP contribution in [0.5, 0.6) is 0 Å². The van der Waals surface area contributed by atoms with Gasteiger partial charge in [0.15, 0.2) is 0 Å². The zero-order chi connectivity index (χ0) is 30.3. The van der Waals surface area contributed by atoms with Gasteiger partial charge in [-0.05, 0) is 40.2 Å². The third kappa shape index (κ3) is 7.35. The molecule has 6 rings (SSSR count). The third-order valence-electron chi connectivity index (χ3n) is 6.99. The van der Waals surface area contributed by atoms with E-state index in [4.69, 9.17) is 4.11 Å². The number of rotatable bonds is 5. The van der Waals surface area contributed by atoms with Gasteiger partial charge in [-0.15, -0.1) is 53.6 Å². The number of pyridine rings is 1. The Balaban J connectivity index is 0.000000197. The molecule has 0 fully saturated rings. The van der Waals surface area contributed by atoms with Crippen LogP contribution < -0.4 is 0 Å². The standard InChI is InChI=1S/C21H18.C18H14N.Ir/c1-21(2,19-13-7-4-8-14-19)20-15-9-12-18(16-20)17-10-5-3-6-11-17;1-14-13-19-18(16-10-6-3-7-11-16)12-17(14)15-8-4-2-5-9-15;/h3-10,13-16H,1-2H3;2-10,12-13H,1H3;/q-2;-1;+3/i;1D3;. The second kappa shape index (κ2) is 14.0. The Labute approximate surface area is 262 Å². The number of aromatic nitrogens is 1. The van der Waals surface area contributed by atoms with E-state index >= 15 is 0 Å². The van der Waals surface area contributed by atoms with Gasteiger partial charge < -0.3 is 4.98 Å². The molecule has 0 aliphatic rings. The van der Waals surface area contributed by atoms with Crippen LogP contribution in [0.4, 0.5) is 0 Å². The first-order valence-corrected chi connectivity index (χ1v) is 13.3. The second-order valence-corrected chi connectivity index (χ2v) is 10.0. The van der Waals surface area contributed by atoms with Gasteiger partial charge >= 0.3 is 20.1 Å². The van der Waals surface area contributed by atoms with Crippen LogP contribution in [0.3, 0.4) is 0 Å². The van der Waals surface area contributed by atoms with Gasteiger partial charge in [0.2, 0.25) is 0 Å². The van der Waals surface area contributed by atoms with Crippen LogP contribution in [-0.4, -0.2) is 4.98 Å². The van der Waals surface area contributed by atoms with E-state index in [9.17, 15) is 0 Å². The van der Waals surface area contributed by atoms with Crippen molar-refractivity contribution in [1.29, 1.82) is 0 Å². The summed E-state index contributed by atoms with van der Waals surface area (Å²) in [5.41, 5.74) is 8.14. The average Bonchev–Trinajstić information content (AvgIpc) is 3.06. The van der Waals surface area contributed by atoms with Crippen molar-refractivity contribution in [3.05, 3.63) is 175 Å². The van der Waals surface area contributed by atoms with Gasteiger partial charge in [0.1, 0.15) is 0 Å². The molecular weight excluding hydrogens is 675 g/mol. The molecule has 0 radical (unpaired) electrons. The molecule has 202 valence electrons. The fraction of sp³-hybridized carbons (Fsp3) is 0.103. The maximum absolute atomic E-state index is 7.72. The molecule has 0 aliphatic heterocycles. The summed E-state index contributed by atoms with van der Waals surface area (Å²) in [5.74, 6) is 0. The molecule has 0 saturated heterocycles. The Hall–Kier alpha value is -4.10. The maximum atomic E-state index is 7.72. The van der Waals surface area contributed by atoms with E-state index in [1.165, 1.54) is 17.3 Å². The van der Waals surface area contributed by atoms with E-state index in [0.717, 1.165) is 22.3 Å². The molecule has 0 spiro atoms. The number of aryl methyl sites for hydroxylation is 1. The number of benzene rings is 5. The minimum atomic E-state index is -2.20. The molecule has 5 aromatic carbocycles. The quantitative estimate of drug-likeness (QED) is 0.163. The Morgan fingerprint density at radius 1 is 0.610 bits per heavy atom. The number of hydrogen-bond acceptors (Lipinski definition) is 1. The van der Waals surface area contributed by atoms with Crippen molar-refractivity contribution in [3.8, 4) is 33.5 Å². The molecular formula is C39H32IrN. The fourth-order valence-corrected chi connectivity index (χ4v) is 4.60. The van der Waals surface area contributed by atoms with Gasteiger partial charge in [-0.3, -0.25) is 0 Å². The molecule has 2 heteroatoms. The van der Waals surface area contributed by atoms with Gasteiger partial charge in [-0.25, -0.2) is 11.1 Å². The zero-order valence-electron chi connectivity index (χ0n) is 26.1. The largest absolute Gasteiger partial charge is 3.00 e. The van der Waals surface area contributed by atoms with Crippen molar-refractivity contribution in [2.75, 3.05) is 0 Å². The predicted molar refractivity (Wildman–Crippen MR) is 167 cm³/mol. The summed E-state index contributed by atoms with van der Waals surface area (Å²) in [7, 11) is 0. The van der Waals surface area contributed by atoms with Crippen molar-refractivity contribution in [3.63, 3.8) is 0 Å². The van der Waals surface area contributed by atoms with E-state index in [-0.39, 0.29) is 31.1 Å². The van der Waals surface area contributed by atoms with Gasteiger partial charge in [0.25, 0.3) is 0 Å². The van der Waals surface area contributed by atoms with Gasteiger partial charge in [-0.1, -0.05) is 80.6 Å². The fourth-order valence-electron chi connectivity index (χ4n) is 4.60. The second-order valence-electron chi connectivity index (χ2n) is 10.0. The maximum Gasteiger partial charge on any atom is 3.00 e. The van der Waals surface area contributed by atoms with Crippen molar-refractivity contribution < 1.29 is 24.2 Å². The molecule has 1 heterocycles. The van der Waals surface area contributed by atoms with Crippen LogP contribution in [0, 0.1) is 25.1 Å². The number of hydrogen-bond donors (Lipinski definition) is 0. The monoisotopic (exact) mass is 710 g/mol. The predicted octanol–water partition coefficient (Wildman–Crippen LogP) is 9.80. The van der Waals surface area contributed by atoms with E-state index < -0.39 is 6.85 Å². The number of nitrogens with zero attached hydrogens (tertiary/aromatic N) is 1. The molecule has 0 bridgehead atoms. The Bertz CT molecular complexity index is 1750. The van der Waals surface area contributed by atoms with Gasteiger partial charge in [0, 0.05) is 10.3 Å². The topological polar surface area (TPSA) is 12.9 Å². The Morgan fingerprint density at radius 2 is 1.22 bits per heavy atom. The van der Waals surface area contributed by atoms with Crippen molar-refractivity contribution in [1.82, 2.24) is 4.98 Å². The van der Waals surface area contributed by atoms with Crippen LogP contribution in [0.25, 0.3) is 33.5 Å². The van der Waals surface area contributed by atoms with Crippen molar-refractivity contribution in [2.45, 2.75) is 26.1 Å². The molecule has 0 saturated carbocycles. The summed E-state index contributed by atoms with van der Waals surface area (Å²) in [4.78, 5) is 4.31. The van der Waals surface area contributed by atoms with E-state index in [0.29, 0.717) is 11.3 Å². The van der Waals surface area contributed by atoms with E-state index in [1.807, 2.05) is 84.9 Å². The normalized spacial score (nSPS) is 12.0. The smallest absolute Gasteiger partial charge is 0.304 e. The molecule has 0 atom stereocenters. The summed E-state index contributed by atoms with van der Waals surface area (Å²) in [6.07, 6.45) is 1.45. The summed E-state index contributed by atoms with van der Waals surface area (Å²) in [6.45, 7) is 2.32. The summed E-state index contributed by atoms with van der Waals surface area (Å²) < 4.78 is 23.2. The Kier molecular flexibility index (Phi) is 8.82. The van der Waals surface area contributed by atoms with Gasteiger partial charge in [0.05, 0.1) is 0 Å². The SMILES string of the molecule is CC(C)(c1ccccc1)c1cc[c-]c(-c2[c-]cccc2)c1.[2H]C([2H])([2H])c1cnc(-c2[c-]cccc2)cc1-c1ccccc1.[Ir+3]. The first-order valence-electron chi connectivity index (χ1n) is 14.8. The molecule has 0 N–H and O–H groups in total. The van der Waals surface area contributed by atoms with Crippen LogP contribution in [0.15, 0.2) is 140 Å². The minimum absolute atomic E-state index is 0. The molecule has 0 aliphatic carbocycles. The summed E-state index contributed by atoms with van der Waals surface area (Å²) in [6, 6.07) is 53.6. The molecule has 1 aromatic heterocycles. The Morgan fingerprint density at radius 3 is 1.85 bits per heavy atom. The van der Waals surface area contributed by atoms with Crippen LogP contribution >= 0.6 is 0 Å². The first kappa shape index (κ1) is 25.8. The van der Waals surface area contributed by atoms with Gasteiger partial charge in [-0.2, -0.15) is 42.5 Å². The van der Waals surface area contributed by atoms with E-state index in [1.54, 1.807) is 0 Å². The first-order chi connectivity index (χ1) is 20.7. The third-order valence-corrected chi connectivity index (χ3v) is 6.99.